The van der Waals surface area contributed by atoms with E-state index in [4.69, 9.17) is 4.42 Å². The Kier molecular flexibility index (Phi) is 3.49. The van der Waals surface area contributed by atoms with Gasteiger partial charge < -0.3 is 14.4 Å². The topological polar surface area (TPSA) is 83.6 Å². The highest BCUT2D eigenvalue weighted by Gasteiger charge is 2.56. The highest BCUT2D eigenvalue weighted by atomic mass is 32.1. The highest BCUT2D eigenvalue weighted by Crippen LogP contribution is 2.49. The van der Waals surface area contributed by atoms with Gasteiger partial charge in [-0.1, -0.05) is 6.42 Å². The molecule has 4 rings (SSSR count). The lowest BCUT2D eigenvalue weighted by Crippen LogP contribution is -2.37. The summed E-state index contributed by atoms with van der Waals surface area (Å²) >= 11 is 1.42. The van der Waals surface area contributed by atoms with Crippen LogP contribution in [-0.4, -0.2) is 40.0 Å². The third-order valence-electron chi connectivity index (χ3n) is 5.32. The molecule has 1 N–H and O–H groups in total. The first kappa shape index (κ1) is 15.4. The summed E-state index contributed by atoms with van der Waals surface area (Å²) in [6.07, 6.45) is 4.04. The molecule has 0 unspecified atom stereocenters. The molecule has 2 aliphatic rings. The van der Waals surface area contributed by atoms with Gasteiger partial charge in [0.2, 0.25) is 0 Å². The van der Waals surface area contributed by atoms with Crippen LogP contribution in [0.25, 0.3) is 10.8 Å². The standard InChI is InChI=1S/C17H18N2O4S/c1-10-13(18-14(24-10)12-5-3-7-23-12)15(20)19-8-11-4-2-6-17(11,9-19)16(21)22/h3,5,7,11H,2,4,6,8-9H2,1H3,(H,21,22)/t11-,17+/m0/s1. The number of hydrogen-bond donors (Lipinski definition) is 1. The minimum absolute atomic E-state index is 0.0578. The number of aromatic nitrogens is 1. The first-order valence-corrected chi connectivity index (χ1v) is 8.87. The van der Waals surface area contributed by atoms with Crippen molar-refractivity contribution in [3.63, 3.8) is 0 Å². The van der Waals surface area contributed by atoms with Gasteiger partial charge >= 0.3 is 5.97 Å². The number of rotatable bonds is 3. The second-order valence-corrected chi connectivity index (χ2v) is 7.84. The van der Waals surface area contributed by atoms with Gasteiger partial charge in [-0.3, -0.25) is 9.59 Å². The molecule has 0 aromatic carbocycles. The Labute approximate surface area is 143 Å². The van der Waals surface area contributed by atoms with Crippen LogP contribution in [0.1, 0.15) is 34.6 Å². The molecule has 7 heteroatoms. The maximum absolute atomic E-state index is 12.9. The number of aryl methyl sites for hydroxylation is 1. The molecule has 2 atom stereocenters. The summed E-state index contributed by atoms with van der Waals surface area (Å²) in [7, 11) is 0. The number of amides is 1. The molecule has 1 saturated carbocycles. The Morgan fingerprint density at radius 1 is 1.50 bits per heavy atom. The number of carboxylic acid groups (broad SMARTS) is 1. The molecule has 6 nitrogen and oxygen atoms in total. The number of aliphatic carboxylic acids is 1. The fourth-order valence-electron chi connectivity index (χ4n) is 4.04. The molecule has 1 aliphatic carbocycles. The third-order valence-corrected chi connectivity index (χ3v) is 6.30. The number of hydrogen-bond acceptors (Lipinski definition) is 5. The van der Waals surface area contributed by atoms with Crippen molar-refractivity contribution in [2.24, 2.45) is 11.3 Å². The molecule has 2 aromatic rings. The van der Waals surface area contributed by atoms with Crippen LogP contribution in [0.5, 0.6) is 0 Å². The molecule has 1 aliphatic heterocycles. The van der Waals surface area contributed by atoms with Crippen LogP contribution in [0.3, 0.4) is 0 Å². The average molecular weight is 346 g/mol. The van der Waals surface area contributed by atoms with E-state index in [9.17, 15) is 14.7 Å². The number of likely N-dealkylation sites (tertiary alicyclic amines) is 1. The lowest BCUT2D eigenvalue weighted by Gasteiger charge is -2.23. The van der Waals surface area contributed by atoms with Gasteiger partial charge in [-0.2, -0.15) is 0 Å². The van der Waals surface area contributed by atoms with E-state index in [1.165, 1.54) is 11.3 Å². The molecular formula is C17H18N2O4S. The third kappa shape index (κ3) is 2.18. The van der Waals surface area contributed by atoms with Gasteiger partial charge in [-0.15, -0.1) is 11.3 Å². The second kappa shape index (κ2) is 5.44. The zero-order chi connectivity index (χ0) is 16.9. The quantitative estimate of drug-likeness (QED) is 0.923. The molecule has 24 heavy (non-hydrogen) atoms. The minimum Gasteiger partial charge on any atom is -0.481 e. The van der Waals surface area contributed by atoms with Gasteiger partial charge in [-0.25, -0.2) is 4.98 Å². The molecule has 0 bridgehead atoms. The summed E-state index contributed by atoms with van der Waals surface area (Å²) in [6.45, 7) is 2.66. The number of thiazole rings is 1. The number of furan rings is 1. The fourth-order valence-corrected chi connectivity index (χ4v) is 4.92. The molecule has 2 fully saturated rings. The van der Waals surface area contributed by atoms with E-state index in [1.807, 2.05) is 13.0 Å². The number of carbonyl (C=O) groups excluding carboxylic acids is 1. The lowest BCUT2D eigenvalue weighted by atomic mass is 9.81. The Morgan fingerprint density at radius 3 is 3.00 bits per heavy atom. The number of carbonyl (C=O) groups is 2. The van der Waals surface area contributed by atoms with E-state index in [2.05, 4.69) is 4.98 Å². The first-order valence-electron chi connectivity index (χ1n) is 8.05. The van der Waals surface area contributed by atoms with Gasteiger partial charge in [0.1, 0.15) is 5.69 Å². The van der Waals surface area contributed by atoms with Crippen molar-refractivity contribution >= 4 is 23.2 Å². The van der Waals surface area contributed by atoms with Crippen LogP contribution in [0.2, 0.25) is 0 Å². The molecule has 1 saturated heterocycles. The summed E-state index contributed by atoms with van der Waals surface area (Å²) in [4.78, 5) is 31.6. The van der Waals surface area contributed by atoms with Crippen molar-refractivity contribution in [2.75, 3.05) is 13.1 Å². The van der Waals surface area contributed by atoms with E-state index in [-0.39, 0.29) is 11.8 Å². The van der Waals surface area contributed by atoms with Gasteiger partial charge in [0.05, 0.1) is 11.7 Å². The van der Waals surface area contributed by atoms with Crippen LogP contribution in [0.15, 0.2) is 22.8 Å². The van der Waals surface area contributed by atoms with Gasteiger partial charge in [-0.05, 0) is 37.8 Å². The molecular weight excluding hydrogens is 328 g/mol. The van der Waals surface area contributed by atoms with Crippen LogP contribution >= 0.6 is 11.3 Å². The zero-order valence-electron chi connectivity index (χ0n) is 13.3. The number of nitrogens with zero attached hydrogens (tertiary/aromatic N) is 2. The van der Waals surface area contributed by atoms with Crippen molar-refractivity contribution in [2.45, 2.75) is 26.2 Å². The summed E-state index contributed by atoms with van der Waals surface area (Å²) in [6, 6.07) is 3.60. The summed E-state index contributed by atoms with van der Waals surface area (Å²) < 4.78 is 5.35. The van der Waals surface area contributed by atoms with Crippen LogP contribution < -0.4 is 0 Å². The Bertz CT molecular complexity index is 798. The number of carboxylic acids is 1. The van der Waals surface area contributed by atoms with Crippen LogP contribution in [0, 0.1) is 18.3 Å². The molecule has 3 heterocycles. The monoisotopic (exact) mass is 346 g/mol. The van der Waals surface area contributed by atoms with Gasteiger partial charge in [0, 0.05) is 18.0 Å². The second-order valence-electron chi connectivity index (χ2n) is 6.64. The molecule has 126 valence electrons. The summed E-state index contributed by atoms with van der Waals surface area (Å²) in [5.41, 5.74) is -0.351. The maximum atomic E-state index is 12.9. The van der Waals surface area contributed by atoms with E-state index in [0.29, 0.717) is 36.0 Å². The predicted molar refractivity (Wildman–Crippen MR) is 87.9 cm³/mol. The predicted octanol–water partition coefficient (Wildman–Crippen LogP) is 3.04. The molecule has 1 amide bonds. The van der Waals surface area contributed by atoms with E-state index < -0.39 is 11.4 Å². The Balaban J connectivity index is 1.60. The summed E-state index contributed by atoms with van der Waals surface area (Å²) in [5.74, 6) is -0.243. The fraction of sp³-hybridized carbons (Fsp3) is 0.471. The Hall–Kier alpha value is -2.15. The smallest absolute Gasteiger partial charge is 0.311 e. The molecule has 0 radical (unpaired) electrons. The minimum atomic E-state index is -0.772. The van der Waals surface area contributed by atoms with Crippen molar-refractivity contribution in [1.29, 1.82) is 0 Å². The van der Waals surface area contributed by atoms with Crippen molar-refractivity contribution in [3.05, 3.63) is 29.0 Å². The molecule has 2 aromatic heterocycles. The largest absolute Gasteiger partial charge is 0.481 e. The van der Waals surface area contributed by atoms with Crippen molar-refractivity contribution in [1.82, 2.24) is 9.88 Å². The molecule has 0 spiro atoms. The van der Waals surface area contributed by atoms with Crippen LogP contribution in [0.4, 0.5) is 0 Å². The number of fused-ring (bicyclic) bond motifs is 1. The highest BCUT2D eigenvalue weighted by molar-refractivity contribution is 7.15. The van der Waals surface area contributed by atoms with Crippen molar-refractivity contribution < 1.29 is 19.1 Å². The summed E-state index contributed by atoms with van der Waals surface area (Å²) in [5, 5.41) is 10.3. The van der Waals surface area contributed by atoms with E-state index in [1.54, 1.807) is 17.2 Å². The lowest BCUT2D eigenvalue weighted by molar-refractivity contribution is -0.149. The van der Waals surface area contributed by atoms with E-state index in [0.717, 1.165) is 17.7 Å². The average Bonchev–Trinajstić information content (AvgIpc) is 3.29. The first-order chi connectivity index (χ1) is 11.5. The van der Waals surface area contributed by atoms with Gasteiger partial charge in [0.25, 0.3) is 5.91 Å². The normalized spacial score (nSPS) is 25.9. The Morgan fingerprint density at radius 2 is 2.33 bits per heavy atom. The van der Waals surface area contributed by atoms with E-state index >= 15 is 0 Å². The maximum Gasteiger partial charge on any atom is 0.311 e. The SMILES string of the molecule is Cc1sc(-c2ccco2)nc1C(=O)N1C[C@@H]2CCC[C@@]2(C(=O)O)C1. The van der Waals surface area contributed by atoms with Gasteiger partial charge in [0.15, 0.2) is 10.8 Å². The van der Waals surface area contributed by atoms with Crippen LogP contribution in [-0.2, 0) is 4.79 Å². The van der Waals surface area contributed by atoms with Crippen molar-refractivity contribution in [3.8, 4) is 10.8 Å². The zero-order valence-corrected chi connectivity index (χ0v) is 14.1.